The average Bonchev–Trinajstić information content (AvgIpc) is 2.47. The van der Waals surface area contributed by atoms with Gasteiger partial charge in [-0.25, -0.2) is 0 Å². The van der Waals surface area contributed by atoms with Crippen molar-refractivity contribution >= 4 is 18.4 Å². The molecule has 2 rings (SSSR count). The number of nitrogens with zero attached hydrogens (tertiary/aromatic N) is 3. The molecule has 0 saturated carbocycles. The third-order valence-corrected chi connectivity index (χ3v) is 4.17. The second-order valence-corrected chi connectivity index (χ2v) is 5.77. The summed E-state index contributed by atoms with van der Waals surface area (Å²) in [5, 5.41) is 16.6. The highest BCUT2D eigenvalue weighted by Crippen LogP contribution is 2.20. The molecule has 0 aromatic carbocycles. The number of nitrogens with one attached hydrogen (secondary N) is 1. The molecule has 2 N–H and O–H groups in total. The molecule has 6 nitrogen and oxygen atoms in total. The van der Waals surface area contributed by atoms with Crippen molar-refractivity contribution in [1.29, 1.82) is 0 Å². The van der Waals surface area contributed by atoms with E-state index in [1.807, 2.05) is 18.9 Å². The molecule has 0 aliphatic carbocycles. The number of hydrazone groups is 1. The lowest BCUT2D eigenvalue weighted by molar-refractivity contribution is 0.240. The van der Waals surface area contributed by atoms with Gasteiger partial charge in [0.1, 0.15) is 5.56 Å². The van der Waals surface area contributed by atoms with Crippen molar-refractivity contribution in [3.63, 3.8) is 0 Å². The fourth-order valence-electron chi connectivity index (χ4n) is 2.39. The Kier molecular flexibility index (Phi) is 5.17. The van der Waals surface area contributed by atoms with Gasteiger partial charge in [0.2, 0.25) is 5.88 Å². The number of hydrogen-bond donors (Lipinski definition) is 2. The molecule has 2 heterocycles. The first-order valence-electron chi connectivity index (χ1n) is 7.41. The molecule has 0 amide bonds. The SMILES string of the molecule is CC[C@@H](C)n1c(O)c(C=NN2CCCCC2)c(=O)[nH]c1=S. The first-order valence-corrected chi connectivity index (χ1v) is 7.82. The predicted molar refractivity (Wildman–Crippen MR) is 85.6 cm³/mol. The van der Waals surface area contributed by atoms with E-state index in [1.54, 1.807) is 4.57 Å². The van der Waals surface area contributed by atoms with Gasteiger partial charge >= 0.3 is 0 Å². The Morgan fingerprint density at radius 3 is 2.71 bits per heavy atom. The highest BCUT2D eigenvalue weighted by atomic mass is 32.1. The topological polar surface area (TPSA) is 73.6 Å². The number of aromatic hydroxyl groups is 1. The molecule has 1 aromatic rings. The van der Waals surface area contributed by atoms with E-state index in [1.165, 1.54) is 12.6 Å². The lowest BCUT2D eigenvalue weighted by atomic mass is 10.2. The van der Waals surface area contributed by atoms with Crippen molar-refractivity contribution in [2.75, 3.05) is 13.1 Å². The van der Waals surface area contributed by atoms with Crippen LogP contribution >= 0.6 is 12.2 Å². The highest BCUT2D eigenvalue weighted by molar-refractivity contribution is 7.71. The van der Waals surface area contributed by atoms with Crippen molar-refractivity contribution in [3.8, 4) is 5.88 Å². The van der Waals surface area contributed by atoms with Crippen LogP contribution in [0, 0.1) is 4.77 Å². The van der Waals surface area contributed by atoms with Gasteiger partial charge in [-0.1, -0.05) is 6.92 Å². The van der Waals surface area contributed by atoms with Crippen LogP contribution in [0.1, 0.15) is 51.1 Å². The summed E-state index contributed by atoms with van der Waals surface area (Å²) in [4.78, 5) is 14.6. The number of hydrogen-bond acceptors (Lipinski definition) is 5. The molecule has 1 aliphatic heterocycles. The number of H-pyrrole nitrogens is 1. The smallest absolute Gasteiger partial charge is 0.264 e. The van der Waals surface area contributed by atoms with Gasteiger partial charge in [0.05, 0.1) is 6.21 Å². The molecule has 1 fully saturated rings. The third kappa shape index (κ3) is 3.53. The highest BCUT2D eigenvalue weighted by Gasteiger charge is 2.15. The molecule has 0 bridgehead atoms. The summed E-state index contributed by atoms with van der Waals surface area (Å²) in [6, 6.07) is 0.0106. The van der Waals surface area contributed by atoms with Crippen molar-refractivity contribution in [1.82, 2.24) is 14.6 Å². The van der Waals surface area contributed by atoms with Crippen LogP contribution in [0.3, 0.4) is 0 Å². The summed E-state index contributed by atoms with van der Waals surface area (Å²) in [6.07, 6.45) is 5.68. The van der Waals surface area contributed by atoms with E-state index in [0.717, 1.165) is 32.4 Å². The minimum absolute atomic E-state index is 0.0106. The van der Waals surface area contributed by atoms with Gasteiger partial charge in [0.15, 0.2) is 4.77 Å². The maximum absolute atomic E-state index is 12.0. The van der Waals surface area contributed by atoms with E-state index in [2.05, 4.69) is 10.1 Å². The van der Waals surface area contributed by atoms with Crippen LogP contribution < -0.4 is 5.56 Å². The van der Waals surface area contributed by atoms with Crippen LogP contribution in [-0.2, 0) is 0 Å². The standard InChI is InChI=1S/C14H22N4O2S/c1-3-10(2)18-13(20)11(12(19)16-14(18)21)9-15-17-7-5-4-6-8-17/h9-10,20H,3-8H2,1-2H3,(H,16,19,21)/t10-/m1/s1. The quantitative estimate of drug-likeness (QED) is 0.661. The van der Waals surface area contributed by atoms with Gasteiger partial charge in [-0.3, -0.25) is 19.4 Å². The lowest BCUT2D eigenvalue weighted by Gasteiger charge is -2.23. The molecular formula is C14H22N4O2S. The molecule has 1 aromatic heterocycles. The molecule has 0 unspecified atom stereocenters. The minimum Gasteiger partial charge on any atom is -0.494 e. The van der Waals surface area contributed by atoms with E-state index in [4.69, 9.17) is 12.2 Å². The molecular weight excluding hydrogens is 288 g/mol. The zero-order valence-corrected chi connectivity index (χ0v) is 13.3. The number of rotatable bonds is 4. The Bertz CT molecular complexity index is 629. The maximum Gasteiger partial charge on any atom is 0.264 e. The maximum atomic E-state index is 12.0. The fraction of sp³-hybridized carbons (Fsp3) is 0.643. The Labute approximate surface area is 129 Å². The molecule has 116 valence electrons. The molecule has 1 atom stereocenters. The van der Waals surface area contributed by atoms with Crippen LogP contribution in [0.4, 0.5) is 0 Å². The van der Waals surface area contributed by atoms with Crippen molar-refractivity contribution in [3.05, 3.63) is 20.7 Å². The van der Waals surface area contributed by atoms with Crippen LogP contribution in [0.25, 0.3) is 0 Å². The Morgan fingerprint density at radius 1 is 1.43 bits per heavy atom. The molecule has 0 spiro atoms. The zero-order valence-electron chi connectivity index (χ0n) is 12.5. The van der Waals surface area contributed by atoms with Gasteiger partial charge in [0.25, 0.3) is 5.56 Å². The Morgan fingerprint density at radius 2 is 2.10 bits per heavy atom. The number of aromatic amines is 1. The summed E-state index contributed by atoms with van der Waals surface area (Å²) in [7, 11) is 0. The number of piperidine rings is 1. The van der Waals surface area contributed by atoms with E-state index in [9.17, 15) is 9.90 Å². The molecule has 21 heavy (non-hydrogen) atoms. The summed E-state index contributed by atoms with van der Waals surface area (Å²) in [6.45, 7) is 5.72. The second kappa shape index (κ2) is 6.89. The fourth-order valence-corrected chi connectivity index (χ4v) is 2.75. The van der Waals surface area contributed by atoms with E-state index in [0.29, 0.717) is 0 Å². The average molecular weight is 310 g/mol. The molecule has 7 heteroatoms. The second-order valence-electron chi connectivity index (χ2n) is 5.38. The van der Waals surface area contributed by atoms with E-state index >= 15 is 0 Å². The largest absolute Gasteiger partial charge is 0.494 e. The van der Waals surface area contributed by atoms with Gasteiger partial charge in [-0.15, -0.1) is 0 Å². The zero-order chi connectivity index (χ0) is 15.4. The summed E-state index contributed by atoms with van der Waals surface area (Å²) >= 11 is 5.13. The monoisotopic (exact) mass is 310 g/mol. The normalized spacial score (nSPS) is 17.3. The first-order chi connectivity index (χ1) is 10.0. The molecule has 0 radical (unpaired) electrons. The van der Waals surface area contributed by atoms with Crippen LogP contribution in [0.2, 0.25) is 0 Å². The number of aromatic nitrogens is 2. The third-order valence-electron chi connectivity index (χ3n) is 3.87. The van der Waals surface area contributed by atoms with Gasteiger partial charge < -0.3 is 5.11 Å². The summed E-state index contributed by atoms with van der Waals surface area (Å²) < 4.78 is 1.80. The van der Waals surface area contributed by atoms with Gasteiger partial charge in [-0.05, 0) is 44.8 Å². The van der Waals surface area contributed by atoms with Crippen molar-refractivity contribution in [2.45, 2.75) is 45.6 Å². The van der Waals surface area contributed by atoms with E-state index in [-0.39, 0.29) is 22.3 Å². The van der Waals surface area contributed by atoms with Crippen LogP contribution in [0.15, 0.2) is 9.90 Å². The van der Waals surface area contributed by atoms with Gasteiger partial charge in [0, 0.05) is 19.1 Å². The minimum atomic E-state index is -0.405. The predicted octanol–water partition coefficient (Wildman–Crippen LogP) is 2.40. The summed E-state index contributed by atoms with van der Waals surface area (Å²) in [5.41, 5.74) is -0.243. The molecule has 1 aliphatic rings. The Balaban J connectivity index is 2.36. The summed E-state index contributed by atoms with van der Waals surface area (Å²) in [5.74, 6) is -0.112. The first kappa shape index (κ1) is 15.8. The van der Waals surface area contributed by atoms with Gasteiger partial charge in [-0.2, -0.15) is 5.10 Å². The van der Waals surface area contributed by atoms with E-state index < -0.39 is 5.56 Å². The van der Waals surface area contributed by atoms with Crippen LogP contribution in [-0.4, -0.2) is 39.0 Å². The van der Waals surface area contributed by atoms with Crippen LogP contribution in [0.5, 0.6) is 5.88 Å². The van der Waals surface area contributed by atoms with Crippen molar-refractivity contribution in [2.24, 2.45) is 5.10 Å². The molecule has 1 saturated heterocycles. The lowest BCUT2D eigenvalue weighted by Crippen LogP contribution is -2.26. The Hall–Kier alpha value is -1.63. The van der Waals surface area contributed by atoms with Crippen molar-refractivity contribution < 1.29 is 5.11 Å².